The number of amides is 1. The third-order valence-electron chi connectivity index (χ3n) is 4.26. The highest BCUT2D eigenvalue weighted by Crippen LogP contribution is 2.20. The Morgan fingerprint density at radius 2 is 2.10 bits per heavy atom. The van der Waals surface area contributed by atoms with Crippen molar-refractivity contribution in [2.45, 2.75) is 32.9 Å². The lowest BCUT2D eigenvalue weighted by molar-refractivity contribution is -0.128. The molecule has 1 saturated heterocycles. The number of nitrogens with zero attached hydrogens (tertiary/aromatic N) is 2. The minimum Gasteiger partial charge on any atom is -0.341 e. The van der Waals surface area contributed by atoms with Crippen LogP contribution in [-0.4, -0.2) is 47.9 Å². The first-order valence-electron chi connectivity index (χ1n) is 7.86. The molecule has 1 aromatic rings. The van der Waals surface area contributed by atoms with E-state index in [0.717, 1.165) is 32.6 Å². The Labute approximate surface area is 127 Å². The third-order valence-corrected chi connectivity index (χ3v) is 4.26. The van der Waals surface area contributed by atoms with Gasteiger partial charge in [-0.15, -0.1) is 0 Å². The van der Waals surface area contributed by atoms with E-state index in [2.05, 4.69) is 49.1 Å². The summed E-state index contributed by atoms with van der Waals surface area (Å²) in [5.74, 6) is 0.642. The van der Waals surface area contributed by atoms with Gasteiger partial charge in [-0.1, -0.05) is 30.3 Å². The molecular weight excluding hydrogens is 262 g/mol. The number of benzene rings is 1. The Bertz CT molecular complexity index is 447. The van der Waals surface area contributed by atoms with Crippen LogP contribution in [0.4, 0.5) is 0 Å². The van der Waals surface area contributed by atoms with Crippen LogP contribution in [-0.2, 0) is 11.3 Å². The first kappa shape index (κ1) is 16.0. The van der Waals surface area contributed by atoms with Gasteiger partial charge in [0.15, 0.2) is 0 Å². The maximum absolute atomic E-state index is 11.7. The summed E-state index contributed by atoms with van der Waals surface area (Å²) in [6.45, 7) is 8.33. The molecule has 1 amide bonds. The molecule has 1 aliphatic heterocycles. The van der Waals surface area contributed by atoms with E-state index in [-0.39, 0.29) is 12.5 Å². The quantitative estimate of drug-likeness (QED) is 0.867. The Morgan fingerprint density at radius 1 is 1.38 bits per heavy atom. The van der Waals surface area contributed by atoms with Crippen molar-refractivity contribution in [2.24, 2.45) is 11.7 Å². The second-order valence-corrected chi connectivity index (χ2v) is 6.21. The molecule has 1 fully saturated rings. The van der Waals surface area contributed by atoms with Crippen LogP contribution in [0.5, 0.6) is 0 Å². The van der Waals surface area contributed by atoms with Gasteiger partial charge in [-0.2, -0.15) is 0 Å². The van der Waals surface area contributed by atoms with Gasteiger partial charge in [0, 0.05) is 32.2 Å². The van der Waals surface area contributed by atoms with Crippen molar-refractivity contribution in [3.63, 3.8) is 0 Å². The van der Waals surface area contributed by atoms with Gasteiger partial charge in [0.25, 0.3) is 0 Å². The van der Waals surface area contributed by atoms with Gasteiger partial charge in [-0.25, -0.2) is 0 Å². The highest BCUT2D eigenvalue weighted by Gasteiger charge is 2.27. The zero-order valence-corrected chi connectivity index (χ0v) is 13.2. The molecule has 116 valence electrons. The summed E-state index contributed by atoms with van der Waals surface area (Å²) in [6, 6.07) is 11.1. The van der Waals surface area contributed by atoms with Crippen LogP contribution in [0.25, 0.3) is 0 Å². The van der Waals surface area contributed by atoms with Crippen LogP contribution in [0.3, 0.4) is 0 Å². The van der Waals surface area contributed by atoms with E-state index in [1.807, 2.05) is 4.90 Å². The largest absolute Gasteiger partial charge is 0.341 e. The number of hydrogen-bond acceptors (Lipinski definition) is 3. The minimum atomic E-state index is 0.0802. The SMILES string of the molecule is CC(C)N(Cc1ccccc1)C[C@@H]1CCN(C(=O)CN)C1. The van der Waals surface area contributed by atoms with E-state index in [1.165, 1.54) is 5.56 Å². The third kappa shape index (κ3) is 4.55. The predicted molar refractivity (Wildman–Crippen MR) is 85.7 cm³/mol. The molecule has 0 spiro atoms. The molecule has 4 heteroatoms. The fourth-order valence-electron chi connectivity index (χ4n) is 2.94. The second-order valence-electron chi connectivity index (χ2n) is 6.21. The van der Waals surface area contributed by atoms with Crippen LogP contribution < -0.4 is 5.73 Å². The number of carbonyl (C=O) groups is 1. The monoisotopic (exact) mass is 289 g/mol. The Kier molecular flexibility index (Phi) is 5.76. The van der Waals surface area contributed by atoms with Crippen molar-refractivity contribution in [2.75, 3.05) is 26.2 Å². The first-order valence-corrected chi connectivity index (χ1v) is 7.86. The zero-order chi connectivity index (χ0) is 15.2. The van der Waals surface area contributed by atoms with E-state index in [1.54, 1.807) is 0 Å². The van der Waals surface area contributed by atoms with Crippen molar-refractivity contribution in [1.82, 2.24) is 9.80 Å². The second kappa shape index (κ2) is 7.57. The minimum absolute atomic E-state index is 0.0802. The van der Waals surface area contributed by atoms with Crippen molar-refractivity contribution < 1.29 is 4.79 Å². The van der Waals surface area contributed by atoms with E-state index >= 15 is 0 Å². The van der Waals surface area contributed by atoms with Crippen molar-refractivity contribution in [1.29, 1.82) is 0 Å². The van der Waals surface area contributed by atoms with Gasteiger partial charge in [0.2, 0.25) is 5.91 Å². The topological polar surface area (TPSA) is 49.6 Å². The molecule has 2 N–H and O–H groups in total. The molecule has 1 atom stereocenters. The lowest BCUT2D eigenvalue weighted by atomic mass is 10.1. The number of hydrogen-bond donors (Lipinski definition) is 1. The summed E-state index contributed by atoms with van der Waals surface area (Å²) in [6.07, 6.45) is 1.09. The number of nitrogens with two attached hydrogens (primary N) is 1. The summed E-state index contributed by atoms with van der Waals surface area (Å²) in [5, 5.41) is 0. The molecule has 1 aromatic carbocycles. The molecular formula is C17H27N3O. The van der Waals surface area contributed by atoms with Gasteiger partial charge in [-0.3, -0.25) is 9.69 Å². The molecule has 0 saturated carbocycles. The number of rotatable bonds is 6. The van der Waals surface area contributed by atoms with E-state index in [0.29, 0.717) is 12.0 Å². The van der Waals surface area contributed by atoms with Crippen molar-refractivity contribution >= 4 is 5.91 Å². The molecule has 0 bridgehead atoms. The summed E-state index contributed by atoms with van der Waals surface area (Å²) in [4.78, 5) is 16.1. The first-order chi connectivity index (χ1) is 10.1. The highest BCUT2D eigenvalue weighted by atomic mass is 16.2. The lowest BCUT2D eigenvalue weighted by Crippen LogP contribution is -2.38. The summed E-state index contributed by atoms with van der Waals surface area (Å²) in [7, 11) is 0. The average Bonchev–Trinajstić information content (AvgIpc) is 2.95. The van der Waals surface area contributed by atoms with Crippen LogP contribution in [0.1, 0.15) is 25.8 Å². The van der Waals surface area contributed by atoms with Crippen molar-refractivity contribution in [3.8, 4) is 0 Å². The van der Waals surface area contributed by atoms with Crippen LogP contribution >= 0.6 is 0 Å². The van der Waals surface area contributed by atoms with Gasteiger partial charge in [0.1, 0.15) is 0 Å². The van der Waals surface area contributed by atoms with Gasteiger partial charge in [0.05, 0.1) is 6.54 Å². The number of carbonyl (C=O) groups excluding carboxylic acids is 1. The smallest absolute Gasteiger partial charge is 0.236 e. The summed E-state index contributed by atoms with van der Waals surface area (Å²) in [5.41, 5.74) is 6.79. The van der Waals surface area contributed by atoms with Gasteiger partial charge < -0.3 is 10.6 Å². The molecule has 4 nitrogen and oxygen atoms in total. The van der Waals surface area contributed by atoms with Gasteiger partial charge >= 0.3 is 0 Å². The molecule has 0 aliphatic carbocycles. The van der Waals surface area contributed by atoms with E-state index < -0.39 is 0 Å². The fourth-order valence-corrected chi connectivity index (χ4v) is 2.94. The van der Waals surface area contributed by atoms with E-state index in [4.69, 9.17) is 5.73 Å². The fraction of sp³-hybridized carbons (Fsp3) is 0.588. The summed E-state index contributed by atoms with van der Waals surface area (Å²) < 4.78 is 0. The molecule has 1 heterocycles. The maximum atomic E-state index is 11.7. The van der Waals surface area contributed by atoms with Crippen LogP contribution in [0, 0.1) is 5.92 Å². The average molecular weight is 289 g/mol. The summed E-state index contributed by atoms with van der Waals surface area (Å²) >= 11 is 0. The molecule has 2 rings (SSSR count). The van der Waals surface area contributed by atoms with Crippen molar-refractivity contribution in [3.05, 3.63) is 35.9 Å². The number of likely N-dealkylation sites (tertiary alicyclic amines) is 1. The van der Waals surface area contributed by atoms with Crippen LogP contribution in [0.15, 0.2) is 30.3 Å². The van der Waals surface area contributed by atoms with E-state index in [9.17, 15) is 4.79 Å². The Balaban J connectivity index is 1.90. The maximum Gasteiger partial charge on any atom is 0.236 e. The van der Waals surface area contributed by atoms with Crippen LogP contribution in [0.2, 0.25) is 0 Å². The predicted octanol–water partition coefficient (Wildman–Crippen LogP) is 1.70. The van der Waals surface area contributed by atoms with Gasteiger partial charge in [-0.05, 0) is 31.7 Å². The highest BCUT2D eigenvalue weighted by molar-refractivity contribution is 5.78. The molecule has 0 radical (unpaired) electrons. The molecule has 21 heavy (non-hydrogen) atoms. The molecule has 0 aromatic heterocycles. The molecule has 0 unspecified atom stereocenters. The normalized spacial score (nSPS) is 18.7. The zero-order valence-electron chi connectivity index (χ0n) is 13.2. The standard InChI is InChI=1S/C17H27N3O/c1-14(2)20(11-15-6-4-3-5-7-15)13-16-8-9-19(12-16)17(21)10-18/h3-7,14,16H,8-13,18H2,1-2H3/t16-/m1/s1. The lowest BCUT2D eigenvalue weighted by Gasteiger charge is -2.29. The Hall–Kier alpha value is -1.39. The molecule has 1 aliphatic rings. The Morgan fingerprint density at radius 3 is 2.71 bits per heavy atom.